The van der Waals surface area contributed by atoms with E-state index in [2.05, 4.69) is 5.32 Å². The molecule has 4 nitrogen and oxygen atoms in total. The first kappa shape index (κ1) is 13.4. The lowest BCUT2D eigenvalue weighted by atomic mass is 10.2. The van der Waals surface area contributed by atoms with Crippen molar-refractivity contribution in [3.05, 3.63) is 48.3 Å². The fourth-order valence-electron chi connectivity index (χ4n) is 1.57. The van der Waals surface area contributed by atoms with Crippen LogP contribution in [0.5, 0.6) is 0 Å². The quantitative estimate of drug-likeness (QED) is 0.848. The molecule has 0 atom stereocenters. The molecule has 2 rings (SSSR count). The molecule has 2 aromatic rings. The van der Waals surface area contributed by atoms with Gasteiger partial charge in [-0.3, -0.25) is 0 Å². The topological polar surface area (TPSA) is 72.2 Å². The van der Waals surface area contributed by atoms with Gasteiger partial charge in [0.05, 0.1) is 10.6 Å². The number of halogens is 1. The molecule has 0 heterocycles. The molecule has 19 heavy (non-hydrogen) atoms. The maximum atomic E-state index is 13.6. The van der Waals surface area contributed by atoms with Crippen LogP contribution in [0, 0.1) is 5.82 Å². The Morgan fingerprint density at radius 3 is 2.26 bits per heavy atom. The van der Waals surface area contributed by atoms with Crippen LogP contribution in [0.25, 0.3) is 0 Å². The van der Waals surface area contributed by atoms with E-state index in [1.165, 1.54) is 24.3 Å². The smallest absolute Gasteiger partial charge is 0.175 e. The molecule has 0 fully saturated rings. The summed E-state index contributed by atoms with van der Waals surface area (Å²) in [6.45, 7) is 0. The first-order valence-corrected chi connectivity index (χ1v) is 7.37. The van der Waals surface area contributed by atoms with Gasteiger partial charge >= 0.3 is 0 Å². The summed E-state index contributed by atoms with van der Waals surface area (Å²) in [6.07, 6.45) is 1.13. The second-order valence-electron chi connectivity index (χ2n) is 4.16. The van der Waals surface area contributed by atoms with E-state index in [0.29, 0.717) is 11.4 Å². The van der Waals surface area contributed by atoms with Crippen molar-refractivity contribution >= 4 is 26.9 Å². The Morgan fingerprint density at radius 1 is 1.11 bits per heavy atom. The Morgan fingerprint density at radius 2 is 1.74 bits per heavy atom. The van der Waals surface area contributed by atoms with Gasteiger partial charge in [-0.15, -0.1) is 0 Å². The highest BCUT2D eigenvalue weighted by molar-refractivity contribution is 7.90. The lowest BCUT2D eigenvalue weighted by Crippen LogP contribution is -1.98. The number of anilines is 3. The van der Waals surface area contributed by atoms with E-state index in [9.17, 15) is 12.8 Å². The molecule has 0 saturated carbocycles. The SMILES string of the molecule is CS(=O)(=O)c1ccc(Nc2ccc(N)cc2F)cc1. The molecule has 0 aromatic heterocycles. The largest absolute Gasteiger partial charge is 0.399 e. The number of hydrogen-bond acceptors (Lipinski definition) is 4. The Hall–Kier alpha value is -2.08. The Bertz CT molecular complexity index is 697. The molecule has 0 amide bonds. The molecule has 0 saturated heterocycles. The molecule has 0 aliphatic rings. The lowest BCUT2D eigenvalue weighted by Gasteiger charge is -2.08. The van der Waals surface area contributed by atoms with Crippen LogP contribution in [0.3, 0.4) is 0 Å². The second-order valence-corrected chi connectivity index (χ2v) is 6.18. The molecule has 6 heteroatoms. The van der Waals surface area contributed by atoms with Gasteiger partial charge in [0.15, 0.2) is 9.84 Å². The second kappa shape index (κ2) is 4.89. The highest BCUT2D eigenvalue weighted by Gasteiger charge is 2.07. The van der Waals surface area contributed by atoms with Crippen molar-refractivity contribution in [3.63, 3.8) is 0 Å². The van der Waals surface area contributed by atoms with Gasteiger partial charge in [0.1, 0.15) is 5.82 Å². The summed E-state index contributed by atoms with van der Waals surface area (Å²) in [5.41, 5.74) is 6.67. The Kier molecular flexibility index (Phi) is 3.44. The van der Waals surface area contributed by atoms with E-state index in [4.69, 9.17) is 5.73 Å². The Labute approximate surface area is 111 Å². The molecule has 100 valence electrons. The standard InChI is InChI=1S/C13H13FN2O2S/c1-19(17,18)11-5-3-10(4-6-11)16-13-7-2-9(15)8-12(13)14/h2-8,16H,15H2,1H3. The maximum absolute atomic E-state index is 13.6. The van der Waals surface area contributed by atoms with Gasteiger partial charge < -0.3 is 11.1 Å². The van der Waals surface area contributed by atoms with Gasteiger partial charge in [-0.1, -0.05) is 0 Å². The minimum Gasteiger partial charge on any atom is -0.399 e. The van der Waals surface area contributed by atoms with Gasteiger partial charge in [0.2, 0.25) is 0 Å². The van der Waals surface area contributed by atoms with E-state index in [1.54, 1.807) is 18.2 Å². The van der Waals surface area contributed by atoms with E-state index in [0.717, 1.165) is 6.26 Å². The molecule has 3 N–H and O–H groups in total. The average molecular weight is 280 g/mol. The molecule has 2 aromatic carbocycles. The van der Waals surface area contributed by atoms with E-state index in [1.807, 2.05) is 0 Å². The van der Waals surface area contributed by atoms with E-state index >= 15 is 0 Å². The predicted octanol–water partition coefficient (Wildman–Crippen LogP) is 2.56. The zero-order chi connectivity index (χ0) is 14.0. The molecule has 0 bridgehead atoms. The molecule has 0 aliphatic carbocycles. The van der Waals surface area contributed by atoms with Gasteiger partial charge in [-0.2, -0.15) is 0 Å². The molecular formula is C13H13FN2O2S. The molecule has 0 radical (unpaired) electrons. The van der Waals surface area contributed by atoms with Crippen LogP contribution < -0.4 is 11.1 Å². The van der Waals surface area contributed by atoms with Crippen LogP contribution >= 0.6 is 0 Å². The zero-order valence-corrected chi connectivity index (χ0v) is 11.0. The van der Waals surface area contributed by atoms with Gasteiger partial charge in [-0.05, 0) is 42.5 Å². The summed E-state index contributed by atoms with van der Waals surface area (Å²) in [4.78, 5) is 0.218. The zero-order valence-electron chi connectivity index (χ0n) is 10.2. The normalized spacial score (nSPS) is 11.3. The summed E-state index contributed by atoms with van der Waals surface area (Å²) < 4.78 is 36.2. The fraction of sp³-hybridized carbons (Fsp3) is 0.0769. The van der Waals surface area contributed by atoms with Gasteiger partial charge in [0.25, 0.3) is 0 Å². The van der Waals surface area contributed by atoms with Crippen LogP contribution in [-0.2, 0) is 9.84 Å². The third kappa shape index (κ3) is 3.23. The average Bonchev–Trinajstić information content (AvgIpc) is 2.32. The molecule has 0 unspecified atom stereocenters. The summed E-state index contributed by atoms with van der Waals surface area (Å²) in [5, 5.41) is 2.85. The van der Waals surface area contributed by atoms with Crippen LogP contribution in [0.4, 0.5) is 21.5 Å². The van der Waals surface area contributed by atoms with Crippen molar-refractivity contribution in [1.29, 1.82) is 0 Å². The lowest BCUT2D eigenvalue weighted by molar-refractivity contribution is 0.602. The Balaban J connectivity index is 2.25. The number of benzene rings is 2. The fourth-order valence-corrected chi connectivity index (χ4v) is 2.20. The van der Waals surface area contributed by atoms with Crippen LogP contribution in [0.1, 0.15) is 0 Å². The van der Waals surface area contributed by atoms with Crippen LogP contribution in [-0.4, -0.2) is 14.7 Å². The van der Waals surface area contributed by atoms with Crippen LogP contribution in [0.15, 0.2) is 47.4 Å². The highest BCUT2D eigenvalue weighted by atomic mass is 32.2. The van der Waals surface area contributed by atoms with Crippen molar-refractivity contribution < 1.29 is 12.8 Å². The van der Waals surface area contributed by atoms with Gasteiger partial charge in [-0.25, -0.2) is 12.8 Å². The minimum absolute atomic E-state index is 0.218. The summed E-state index contributed by atoms with van der Waals surface area (Å²) in [5.74, 6) is -0.466. The number of nitrogen functional groups attached to an aromatic ring is 1. The van der Waals surface area contributed by atoms with Crippen molar-refractivity contribution in [1.82, 2.24) is 0 Å². The maximum Gasteiger partial charge on any atom is 0.175 e. The first-order chi connectivity index (χ1) is 8.86. The van der Waals surface area contributed by atoms with E-state index in [-0.39, 0.29) is 10.6 Å². The van der Waals surface area contributed by atoms with E-state index < -0.39 is 15.7 Å². The molecule has 0 spiro atoms. The highest BCUT2D eigenvalue weighted by Crippen LogP contribution is 2.22. The number of hydrogen-bond donors (Lipinski definition) is 2. The third-order valence-corrected chi connectivity index (χ3v) is 3.68. The third-order valence-electron chi connectivity index (χ3n) is 2.55. The van der Waals surface area contributed by atoms with Crippen molar-refractivity contribution in [2.45, 2.75) is 4.90 Å². The number of nitrogens with two attached hydrogens (primary N) is 1. The molecular weight excluding hydrogens is 267 g/mol. The predicted molar refractivity (Wildman–Crippen MR) is 73.6 cm³/mol. The van der Waals surface area contributed by atoms with Crippen molar-refractivity contribution in [2.75, 3.05) is 17.3 Å². The molecule has 0 aliphatic heterocycles. The summed E-state index contributed by atoms with van der Waals surface area (Å²) in [6, 6.07) is 10.4. The monoisotopic (exact) mass is 280 g/mol. The summed E-state index contributed by atoms with van der Waals surface area (Å²) >= 11 is 0. The minimum atomic E-state index is -3.22. The van der Waals surface area contributed by atoms with Crippen molar-refractivity contribution in [3.8, 4) is 0 Å². The number of sulfone groups is 1. The summed E-state index contributed by atoms with van der Waals surface area (Å²) in [7, 11) is -3.22. The number of nitrogens with one attached hydrogen (secondary N) is 1. The first-order valence-electron chi connectivity index (χ1n) is 5.48. The number of rotatable bonds is 3. The van der Waals surface area contributed by atoms with Gasteiger partial charge in [0, 0.05) is 17.6 Å². The van der Waals surface area contributed by atoms with Crippen molar-refractivity contribution in [2.24, 2.45) is 0 Å². The van der Waals surface area contributed by atoms with Crippen LogP contribution in [0.2, 0.25) is 0 Å².